The minimum atomic E-state index is -0.586. The average molecular weight is 333 g/mol. The largest absolute Gasteiger partial charge is 0.477 e. The van der Waals surface area contributed by atoms with E-state index >= 15 is 0 Å². The third-order valence-corrected chi connectivity index (χ3v) is 2.90. The number of nitro benzene ring substituents is 1. The number of furan rings is 1. The van der Waals surface area contributed by atoms with Gasteiger partial charge in [0, 0.05) is 19.2 Å². The number of nitro groups is 1. The molecule has 0 saturated heterocycles. The number of hydrogen-bond acceptors (Lipinski definition) is 6. The number of rotatable bonds is 8. The smallest absolute Gasteiger partial charge is 0.310 e. The van der Waals surface area contributed by atoms with Gasteiger partial charge in [0.2, 0.25) is 0 Å². The summed E-state index contributed by atoms with van der Waals surface area (Å²) in [4.78, 5) is 33.4. The maximum Gasteiger partial charge on any atom is 0.310 e. The molecule has 2 rings (SSSR count). The van der Waals surface area contributed by atoms with Crippen molar-refractivity contribution in [1.29, 1.82) is 0 Å². The summed E-state index contributed by atoms with van der Waals surface area (Å²) in [5.41, 5.74) is -0.212. The van der Waals surface area contributed by atoms with Crippen molar-refractivity contribution in [2.45, 2.75) is 0 Å². The van der Waals surface area contributed by atoms with Gasteiger partial charge in [0.15, 0.2) is 18.1 Å². The molecule has 0 aliphatic carbocycles. The highest BCUT2D eigenvalue weighted by molar-refractivity contribution is 5.91. The van der Waals surface area contributed by atoms with Crippen LogP contribution in [0.15, 0.2) is 47.1 Å². The highest BCUT2D eigenvalue weighted by atomic mass is 16.6. The van der Waals surface area contributed by atoms with Gasteiger partial charge in [0.25, 0.3) is 11.8 Å². The lowest BCUT2D eigenvalue weighted by Crippen LogP contribution is -2.36. The van der Waals surface area contributed by atoms with E-state index in [4.69, 9.17) is 9.15 Å². The van der Waals surface area contributed by atoms with Gasteiger partial charge in [-0.2, -0.15) is 0 Å². The summed E-state index contributed by atoms with van der Waals surface area (Å²) in [6.45, 7) is 0.0271. The van der Waals surface area contributed by atoms with Gasteiger partial charge in [0.05, 0.1) is 11.2 Å². The van der Waals surface area contributed by atoms with Crippen molar-refractivity contribution in [2.75, 3.05) is 19.7 Å². The quantitative estimate of drug-likeness (QED) is 0.424. The lowest BCUT2D eigenvalue weighted by atomic mass is 10.3. The van der Waals surface area contributed by atoms with Crippen molar-refractivity contribution in [2.24, 2.45) is 0 Å². The van der Waals surface area contributed by atoms with Gasteiger partial charge in [-0.1, -0.05) is 12.1 Å². The predicted molar refractivity (Wildman–Crippen MR) is 82.6 cm³/mol. The van der Waals surface area contributed by atoms with Gasteiger partial charge in [-0.15, -0.1) is 0 Å². The van der Waals surface area contributed by atoms with Gasteiger partial charge in [-0.05, 0) is 18.2 Å². The lowest BCUT2D eigenvalue weighted by Gasteiger charge is -2.08. The molecule has 2 N–H and O–H groups in total. The molecular formula is C15H15N3O6. The Bertz CT molecular complexity index is 714. The molecule has 126 valence electrons. The number of nitrogens with one attached hydrogen (secondary N) is 2. The van der Waals surface area contributed by atoms with Crippen LogP contribution < -0.4 is 15.4 Å². The fourth-order valence-electron chi connectivity index (χ4n) is 1.80. The summed E-state index contributed by atoms with van der Waals surface area (Å²) >= 11 is 0. The van der Waals surface area contributed by atoms with Crippen LogP contribution in [0.4, 0.5) is 5.69 Å². The van der Waals surface area contributed by atoms with Gasteiger partial charge < -0.3 is 19.8 Å². The number of nitrogens with zero attached hydrogens (tertiary/aromatic N) is 1. The number of ether oxygens (including phenoxy) is 1. The molecule has 1 aromatic carbocycles. The van der Waals surface area contributed by atoms with Crippen molar-refractivity contribution in [3.63, 3.8) is 0 Å². The molecule has 0 fully saturated rings. The van der Waals surface area contributed by atoms with E-state index in [0.717, 1.165) is 0 Å². The standard InChI is InChI=1S/C15H15N3O6/c19-14(10-24-12-5-2-1-4-11(12)18(21)22)16-7-8-17-15(20)13-6-3-9-23-13/h1-6,9H,7-8,10H2,(H,16,19)(H,17,20). The van der Waals surface area contributed by atoms with Gasteiger partial charge >= 0.3 is 5.69 Å². The zero-order chi connectivity index (χ0) is 17.4. The third-order valence-electron chi connectivity index (χ3n) is 2.90. The van der Waals surface area contributed by atoms with Gasteiger partial charge in [-0.25, -0.2) is 0 Å². The lowest BCUT2D eigenvalue weighted by molar-refractivity contribution is -0.385. The van der Waals surface area contributed by atoms with Crippen molar-refractivity contribution < 1.29 is 23.7 Å². The van der Waals surface area contributed by atoms with E-state index in [1.54, 1.807) is 12.1 Å². The summed E-state index contributed by atoms with van der Waals surface area (Å²) in [6.07, 6.45) is 1.39. The Kier molecular flexibility index (Phi) is 5.89. The Morgan fingerprint density at radius 1 is 1.12 bits per heavy atom. The minimum Gasteiger partial charge on any atom is -0.477 e. The SMILES string of the molecule is O=C(COc1ccccc1[N+](=O)[O-])NCCNC(=O)c1ccco1. The summed E-state index contributed by atoms with van der Waals surface area (Å²) in [5.74, 6) is -0.643. The van der Waals surface area contributed by atoms with Gasteiger partial charge in [0.1, 0.15) is 0 Å². The zero-order valence-electron chi connectivity index (χ0n) is 12.6. The van der Waals surface area contributed by atoms with Crippen LogP contribution in [0.2, 0.25) is 0 Å². The molecule has 0 radical (unpaired) electrons. The molecule has 9 heteroatoms. The Balaban J connectivity index is 1.69. The third kappa shape index (κ3) is 4.83. The topological polar surface area (TPSA) is 124 Å². The van der Waals surface area contributed by atoms with Crippen molar-refractivity contribution in [3.05, 3.63) is 58.5 Å². The fourth-order valence-corrected chi connectivity index (χ4v) is 1.80. The van der Waals surface area contributed by atoms with E-state index < -0.39 is 10.8 Å². The van der Waals surface area contributed by atoms with E-state index in [-0.39, 0.29) is 42.8 Å². The molecule has 0 spiro atoms. The Morgan fingerprint density at radius 3 is 2.58 bits per heavy atom. The summed E-state index contributed by atoms with van der Waals surface area (Å²) in [7, 11) is 0. The second kappa shape index (κ2) is 8.32. The number of para-hydroxylation sites is 2. The summed E-state index contributed by atoms with van der Waals surface area (Å²) < 4.78 is 10.1. The van der Waals surface area contributed by atoms with Crippen LogP contribution in [0.1, 0.15) is 10.6 Å². The molecule has 1 aromatic heterocycles. The monoisotopic (exact) mass is 333 g/mol. The normalized spacial score (nSPS) is 10.0. The number of carbonyl (C=O) groups excluding carboxylic acids is 2. The van der Waals surface area contributed by atoms with Crippen LogP contribution in [0.5, 0.6) is 5.75 Å². The van der Waals surface area contributed by atoms with E-state index in [0.29, 0.717) is 0 Å². The number of benzene rings is 1. The Hall–Kier alpha value is -3.36. The maximum absolute atomic E-state index is 11.6. The molecule has 2 amide bonds. The minimum absolute atomic E-state index is 0.0174. The van der Waals surface area contributed by atoms with E-state index in [1.165, 1.54) is 30.5 Å². The van der Waals surface area contributed by atoms with E-state index in [2.05, 4.69) is 10.6 Å². The van der Waals surface area contributed by atoms with Gasteiger partial charge in [-0.3, -0.25) is 19.7 Å². The molecule has 1 heterocycles. The highest BCUT2D eigenvalue weighted by Crippen LogP contribution is 2.25. The number of carbonyl (C=O) groups is 2. The first-order valence-corrected chi connectivity index (χ1v) is 7.02. The molecule has 0 bridgehead atoms. The molecule has 9 nitrogen and oxygen atoms in total. The molecule has 0 atom stereocenters. The molecule has 24 heavy (non-hydrogen) atoms. The molecule has 0 unspecified atom stereocenters. The van der Waals surface area contributed by atoms with Crippen LogP contribution in [0, 0.1) is 10.1 Å². The molecular weight excluding hydrogens is 318 g/mol. The first kappa shape index (κ1) is 17.0. The van der Waals surface area contributed by atoms with Crippen LogP contribution in [-0.4, -0.2) is 36.4 Å². The number of hydrogen-bond donors (Lipinski definition) is 2. The van der Waals surface area contributed by atoms with Crippen LogP contribution in [0.3, 0.4) is 0 Å². The van der Waals surface area contributed by atoms with E-state index in [1.807, 2.05) is 0 Å². The first-order chi connectivity index (χ1) is 11.6. The van der Waals surface area contributed by atoms with E-state index in [9.17, 15) is 19.7 Å². The van der Waals surface area contributed by atoms with Crippen LogP contribution in [0.25, 0.3) is 0 Å². The van der Waals surface area contributed by atoms with Crippen molar-refractivity contribution in [3.8, 4) is 5.75 Å². The second-order valence-electron chi connectivity index (χ2n) is 4.60. The van der Waals surface area contributed by atoms with Crippen LogP contribution >= 0.6 is 0 Å². The zero-order valence-corrected chi connectivity index (χ0v) is 12.6. The van der Waals surface area contributed by atoms with Crippen molar-refractivity contribution in [1.82, 2.24) is 10.6 Å². The summed E-state index contributed by atoms with van der Waals surface area (Å²) in [6, 6.07) is 8.90. The highest BCUT2D eigenvalue weighted by Gasteiger charge is 2.14. The fraction of sp³-hybridized carbons (Fsp3) is 0.200. The predicted octanol–water partition coefficient (Wildman–Crippen LogP) is 1.11. The average Bonchev–Trinajstić information content (AvgIpc) is 3.11. The first-order valence-electron chi connectivity index (χ1n) is 7.02. The summed E-state index contributed by atoms with van der Waals surface area (Å²) in [5, 5.41) is 15.9. The number of amides is 2. The molecule has 0 aliphatic rings. The maximum atomic E-state index is 11.6. The molecule has 0 saturated carbocycles. The molecule has 0 aliphatic heterocycles. The molecule has 2 aromatic rings. The second-order valence-corrected chi connectivity index (χ2v) is 4.60. The van der Waals surface area contributed by atoms with Crippen LogP contribution in [-0.2, 0) is 4.79 Å². The Morgan fingerprint density at radius 2 is 1.88 bits per heavy atom. The van der Waals surface area contributed by atoms with Crippen molar-refractivity contribution >= 4 is 17.5 Å². The Labute approximate surface area is 136 Å².